The summed E-state index contributed by atoms with van der Waals surface area (Å²) in [5.41, 5.74) is 5.32. The van der Waals surface area contributed by atoms with Crippen molar-refractivity contribution in [2.24, 2.45) is 11.1 Å². The molecule has 0 aromatic heterocycles. The van der Waals surface area contributed by atoms with Gasteiger partial charge in [-0.05, 0) is 73.6 Å². The van der Waals surface area contributed by atoms with Crippen LogP contribution in [0, 0.1) is 5.41 Å². The van der Waals surface area contributed by atoms with Crippen LogP contribution in [0.1, 0.15) is 88.5 Å². The van der Waals surface area contributed by atoms with E-state index in [2.05, 4.69) is 62.3 Å². The van der Waals surface area contributed by atoms with Gasteiger partial charge >= 0.3 is 0 Å². The van der Waals surface area contributed by atoms with E-state index in [1.807, 2.05) is 6.92 Å². The zero-order valence-electron chi connectivity index (χ0n) is 20.6. The van der Waals surface area contributed by atoms with Crippen LogP contribution in [0.3, 0.4) is 0 Å². The summed E-state index contributed by atoms with van der Waals surface area (Å²) < 4.78 is 23.8. The van der Waals surface area contributed by atoms with Crippen molar-refractivity contribution in [2.45, 2.75) is 124 Å². The predicted molar refractivity (Wildman–Crippen MR) is 118 cm³/mol. The molecule has 0 rings (SSSR count). The molecule has 0 bridgehead atoms. The Balaban J connectivity index is 4.53. The van der Waals surface area contributed by atoms with Crippen molar-refractivity contribution in [1.29, 1.82) is 0 Å². The largest absolute Gasteiger partial charge is 0.382 e. The second-order valence-corrected chi connectivity index (χ2v) is 10.3. The summed E-state index contributed by atoms with van der Waals surface area (Å²) in [7, 11) is 1.70. The molecule has 170 valence electrons. The van der Waals surface area contributed by atoms with Gasteiger partial charge in [-0.25, -0.2) is 0 Å². The molecule has 0 aromatic rings. The van der Waals surface area contributed by atoms with Crippen molar-refractivity contribution in [2.75, 3.05) is 20.3 Å². The highest BCUT2D eigenvalue weighted by Gasteiger charge is 2.39. The quantitative estimate of drug-likeness (QED) is 0.419. The van der Waals surface area contributed by atoms with E-state index in [1.165, 1.54) is 0 Å². The molecule has 0 aliphatic heterocycles. The smallest absolute Gasteiger partial charge is 0.0787 e. The molecule has 0 saturated carbocycles. The summed E-state index contributed by atoms with van der Waals surface area (Å²) in [6.45, 7) is 22.6. The summed E-state index contributed by atoms with van der Waals surface area (Å²) in [4.78, 5) is 0. The molecule has 5 nitrogen and oxygen atoms in total. The monoisotopic (exact) mass is 403 g/mol. The van der Waals surface area contributed by atoms with E-state index in [-0.39, 0.29) is 41.0 Å². The van der Waals surface area contributed by atoms with Gasteiger partial charge in [0.2, 0.25) is 0 Å². The molecule has 4 unspecified atom stereocenters. The van der Waals surface area contributed by atoms with E-state index in [0.29, 0.717) is 13.2 Å². The Morgan fingerprint density at radius 3 is 1.93 bits per heavy atom. The van der Waals surface area contributed by atoms with Crippen molar-refractivity contribution in [3.8, 4) is 0 Å². The second-order valence-electron chi connectivity index (χ2n) is 10.3. The number of ether oxygens (including phenoxy) is 4. The highest BCUT2D eigenvalue weighted by Crippen LogP contribution is 2.38. The fourth-order valence-corrected chi connectivity index (χ4v) is 3.59. The van der Waals surface area contributed by atoms with Crippen molar-refractivity contribution < 1.29 is 18.9 Å². The Bertz CT molecular complexity index is 421. The Morgan fingerprint density at radius 2 is 1.43 bits per heavy atom. The van der Waals surface area contributed by atoms with Crippen LogP contribution < -0.4 is 5.73 Å². The average Bonchev–Trinajstić information content (AvgIpc) is 2.43. The van der Waals surface area contributed by atoms with Crippen LogP contribution in [0.4, 0.5) is 0 Å². The number of methoxy groups -OCH3 is 1. The third kappa shape index (κ3) is 11.1. The molecule has 2 N–H and O–H groups in total. The van der Waals surface area contributed by atoms with Gasteiger partial charge in [-0.1, -0.05) is 13.8 Å². The molecule has 0 saturated heterocycles. The predicted octanol–water partition coefficient (Wildman–Crippen LogP) is 4.95. The maximum absolute atomic E-state index is 6.26. The van der Waals surface area contributed by atoms with Gasteiger partial charge in [-0.15, -0.1) is 0 Å². The minimum Gasteiger partial charge on any atom is -0.382 e. The van der Waals surface area contributed by atoms with Crippen LogP contribution in [0.25, 0.3) is 0 Å². The Morgan fingerprint density at radius 1 is 0.857 bits per heavy atom. The molecule has 5 heteroatoms. The van der Waals surface area contributed by atoms with E-state index in [1.54, 1.807) is 7.11 Å². The molecule has 0 aromatic carbocycles. The molecule has 0 aliphatic rings. The first-order valence-corrected chi connectivity index (χ1v) is 10.8. The molecule has 0 heterocycles. The average molecular weight is 404 g/mol. The molecular weight excluding hydrogens is 354 g/mol. The van der Waals surface area contributed by atoms with Crippen LogP contribution >= 0.6 is 0 Å². The van der Waals surface area contributed by atoms with E-state index in [4.69, 9.17) is 24.7 Å². The van der Waals surface area contributed by atoms with E-state index in [9.17, 15) is 0 Å². The first-order chi connectivity index (χ1) is 12.6. The highest BCUT2D eigenvalue weighted by atomic mass is 16.5. The first kappa shape index (κ1) is 27.8. The maximum atomic E-state index is 6.26. The Hall–Kier alpha value is -0.200. The summed E-state index contributed by atoms with van der Waals surface area (Å²) in [6, 6.07) is 0.158. The fourth-order valence-electron chi connectivity index (χ4n) is 3.59. The number of hydrogen-bond acceptors (Lipinski definition) is 5. The topological polar surface area (TPSA) is 62.9 Å². The molecule has 0 radical (unpaired) electrons. The van der Waals surface area contributed by atoms with Gasteiger partial charge in [0.15, 0.2) is 0 Å². The molecule has 0 aliphatic carbocycles. The van der Waals surface area contributed by atoms with Crippen LogP contribution in [-0.4, -0.2) is 55.9 Å². The zero-order chi connectivity index (χ0) is 22.2. The molecular formula is C23H49NO4. The lowest BCUT2D eigenvalue weighted by atomic mass is 9.74. The highest BCUT2D eigenvalue weighted by molar-refractivity contribution is 4.89. The van der Waals surface area contributed by atoms with Crippen LogP contribution in [0.15, 0.2) is 0 Å². The number of nitrogens with two attached hydrogens (primary N) is 1. The Kier molecular flexibility index (Phi) is 11.8. The molecule has 0 spiro atoms. The van der Waals surface area contributed by atoms with Gasteiger partial charge in [-0.3, -0.25) is 0 Å². The van der Waals surface area contributed by atoms with Crippen molar-refractivity contribution in [3.05, 3.63) is 0 Å². The minimum atomic E-state index is -0.275. The van der Waals surface area contributed by atoms with Crippen LogP contribution in [0.2, 0.25) is 0 Å². The van der Waals surface area contributed by atoms with Crippen molar-refractivity contribution >= 4 is 0 Å². The van der Waals surface area contributed by atoms with Crippen LogP contribution in [-0.2, 0) is 18.9 Å². The van der Waals surface area contributed by atoms with Gasteiger partial charge < -0.3 is 24.7 Å². The lowest BCUT2D eigenvalue weighted by Gasteiger charge is -2.43. The number of hydrogen-bond donors (Lipinski definition) is 1. The minimum absolute atomic E-state index is 0.0288. The lowest BCUT2D eigenvalue weighted by molar-refractivity contribution is -0.156. The van der Waals surface area contributed by atoms with E-state index >= 15 is 0 Å². The standard InChI is InChI=1S/C23H49NO4/c1-17(24)14-18(2)27-19(3)15-22(7,8)26-13-12-21(5,6)23(9,10)28-20(4)16-25-11/h17-20H,12-16,24H2,1-11H3. The second kappa shape index (κ2) is 11.8. The van der Waals surface area contributed by atoms with Crippen molar-refractivity contribution in [1.82, 2.24) is 0 Å². The number of rotatable bonds is 15. The summed E-state index contributed by atoms with van der Waals surface area (Å²) in [5.74, 6) is 0. The fraction of sp³-hybridized carbons (Fsp3) is 1.00. The maximum Gasteiger partial charge on any atom is 0.0787 e. The van der Waals surface area contributed by atoms with Gasteiger partial charge in [0.05, 0.1) is 36.1 Å². The van der Waals surface area contributed by atoms with Crippen molar-refractivity contribution in [3.63, 3.8) is 0 Å². The van der Waals surface area contributed by atoms with Gasteiger partial charge in [-0.2, -0.15) is 0 Å². The van der Waals surface area contributed by atoms with E-state index in [0.717, 1.165) is 19.3 Å². The molecule has 0 fully saturated rings. The molecule has 4 atom stereocenters. The molecule has 0 amide bonds. The first-order valence-electron chi connectivity index (χ1n) is 10.8. The van der Waals surface area contributed by atoms with Gasteiger partial charge in [0.1, 0.15) is 0 Å². The summed E-state index contributed by atoms with van der Waals surface area (Å²) in [6.07, 6.45) is 2.99. The van der Waals surface area contributed by atoms with E-state index < -0.39 is 0 Å². The summed E-state index contributed by atoms with van der Waals surface area (Å²) >= 11 is 0. The Labute approximate surface area is 175 Å². The third-order valence-electron chi connectivity index (χ3n) is 5.69. The molecule has 28 heavy (non-hydrogen) atoms. The summed E-state index contributed by atoms with van der Waals surface area (Å²) in [5, 5.41) is 0. The van der Waals surface area contributed by atoms with Crippen LogP contribution in [0.5, 0.6) is 0 Å². The SMILES string of the molecule is COCC(C)OC(C)(C)C(C)(C)CCOC(C)(C)CC(C)OC(C)CC(C)N. The normalized spacial score (nSPS) is 18.0. The van der Waals surface area contributed by atoms with Gasteiger partial charge in [0.25, 0.3) is 0 Å². The third-order valence-corrected chi connectivity index (χ3v) is 5.69. The van der Waals surface area contributed by atoms with Gasteiger partial charge in [0, 0.05) is 26.2 Å². The zero-order valence-corrected chi connectivity index (χ0v) is 20.6. The lowest BCUT2D eigenvalue weighted by Crippen LogP contribution is -2.45.